The van der Waals surface area contributed by atoms with Gasteiger partial charge in [-0.15, -0.1) is 11.3 Å². The van der Waals surface area contributed by atoms with Crippen molar-refractivity contribution in [3.05, 3.63) is 58.4 Å². The van der Waals surface area contributed by atoms with Crippen LogP contribution >= 0.6 is 35.2 Å². The Balaban J connectivity index is 1.67. The molecule has 1 heterocycles. The fraction of sp³-hybridized carbons (Fsp3) is 0.105. The van der Waals surface area contributed by atoms with E-state index in [1.54, 1.807) is 31.3 Å². The molecule has 2 amide bonds. The van der Waals surface area contributed by atoms with E-state index in [2.05, 4.69) is 10.6 Å². The van der Waals surface area contributed by atoms with E-state index in [0.29, 0.717) is 15.6 Å². The Labute approximate surface area is 170 Å². The molecule has 1 aromatic heterocycles. The van der Waals surface area contributed by atoms with E-state index in [4.69, 9.17) is 23.8 Å². The first kappa shape index (κ1) is 19.3. The van der Waals surface area contributed by atoms with Gasteiger partial charge in [-0.1, -0.05) is 29.8 Å². The second kappa shape index (κ2) is 8.04. The molecule has 2 aromatic carbocycles. The number of anilines is 2. The zero-order valence-corrected chi connectivity index (χ0v) is 17.0. The maximum atomic E-state index is 12.5. The number of nitrogens with zero attached hydrogens (tertiary/aromatic N) is 1. The predicted octanol–water partition coefficient (Wildman–Crippen LogP) is 4.66. The molecule has 0 saturated heterocycles. The van der Waals surface area contributed by atoms with E-state index in [1.807, 2.05) is 24.3 Å². The molecule has 0 bridgehead atoms. The summed E-state index contributed by atoms with van der Waals surface area (Å²) in [4.78, 5) is 25.8. The SMILES string of the molecule is CC(=O)N(C)c1ccc(NC(=S)NC(=O)c2sc3ccccc3c2Cl)cc1. The molecule has 3 rings (SSSR count). The van der Waals surface area contributed by atoms with Gasteiger partial charge in [0.25, 0.3) is 5.91 Å². The highest BCUT2D eigenvalue weighted by molar-refractivity contribution is 7.80. The van der Waals surface area contributed by atoms with Crippen molar-refractivity contribution in [3.8, 4) is 0 Å². The third-order valence-electron chi connectivity index (χ3n) is 3.95. The summed E-state index contributed by atoms with van der Waals surface area (Å²) in [6.45, 7) is 1.50. The van der Waals surface area contributed by atoms with Crippen LogP contribution in [-0.2, 0) is 4.79 Å². The fourth-order valence-electron chi connectivity index (χ4n) is 2.43. The average molecular weight is 418 g/mol. The fourth-order valence-corrected chi connectivity index (χ4v) is 4.06. The maximum Gasteiger partial charge on any atom is 0.269 e. The standard InChI is InChI=1S/C19H16ClN3O2S2/c1-11(24)23(2)13-9-7-12(8-10-13)21-19(26)22-18(25)17-16(20)14-5-3-4-6-15(14)27-17/h3-10H,1-2H3,(H2,21,22,25,26). The molecule has 27 heavy (non-hydrogen) atoms. The van der Waals surface area contributed by atoms with Gasteiger partial charge < -0.3 is 10.2 Å². The van der Waals surface area contributed by atoms with Gasteiger partial charge in [-0.25, -0.2) is 0 Å². The van der Waals surface area contributed by atoms with Gasteiger partial charge in [0.2, 0.25) is 5.91 Å². The van der Waals surface area contributed by atoms with E-state index >= 15 is 0 Å². The number of rotatable bonds is 3. The summed E-state index contributed by atoms with van der Waals surface area (Å²) in [6.07, 6.45) is 0. The molecule has 3 aromatic rings. The summed E-state index contributed by atoms with van der Waals surface area (Å²) in [5, 5.41) is 7.03. The van der Waals surface area contributed by atoms with Crippen LogP contribution in [0.3, 0.4) is 0 Å². The van der Waals surface area contributed by atoms with Gasteiger partial charge in [-0.2, -0.15) is 0 Å². The number of hydrogen-bond acceptors (Lipinski definition) is 4. The Kier molecular flexibility index (Phi) is 5.74. The van der Waals surface area contributed by atoms with Crippen LogP contribution in [0.25, 0.3) is 10.1 Å². The van der Waals surface area contributed by atoms with Crippen LogP contribution in [0.2, 0.25) is 5.02 Å². The molecule has 0 fully saturated rings. The Morgan fingerprint density at radius 2 is 1.78 bits per heavy atom. The summed E-state index contributed by atoms with van der Waals surface area (Å²) < 4.78 is 0.941. The van der Waals surface area contributed by atoms with Crippen molar-refractivity contribution < 1.29 is 9.59 Å². The molecule has 5 nitrogen and oxygen atoms in total. The first-order valence-electron chi connectivity index (χ1n) is 8.00. The molecular weight excluding hydrogens is 402 g/mol. The van der Waals surface area contributed by atoms with E-state index in [1.165, 1.54) is 23.2 Å². The van der Waals surface area contributed by atoms with Crippen molar-refractivity contribution in [2.75, 3.05) is 17.3 Å². The van der Waals surface area contributed by atoms with Crippen molar-refractivity contribution >= 4 is 73.5 Å². The van der Waals surface area contributed by atoms with Crippen molar-refractivity contribution in [3.63, 3.8) is 0 Å². The Hall–Kier alpha value is -2.48. The Morgan fingerprint density at radius 1 is 1.11 bits per heavy atom. The van der Waals surface area contributed by atoms with Gasteiger partial charge in [-0.05, 0) is 42.5 Å². The number of thiophene rings is 1. The molecule has 0 aliphatic rings. The lowest BCUT2D eigenvalue weighted by Gasteiger charge is -2.15. The van der Waals surface area contributed by atoms with Gasteiger partial charge in [-0.3, -0.25) is 14.9 Å². The summed E-state index contributed by atoms with van der Waals surface area (Å²) in [6, 6.07) is 14.7. The number of nitrogens with one attached hydrogen (secondary N) is 2. The van der Waals surface area contributed by atoms with E-state index in [0.717, 1.165) is 15.8 Å². The summed E-state index contributed by atoms with van der Waals surface area (Å²) in [5.74, 6) is -0.412. The number of carbonyl (C=O) groups excluding carboxylic acids is 2. The second-order valence-electron chi connectivity index (χ2n) is 5.77. The molecular formula is C19H16ClN3O2S2. The van der Waals surface area contributed by atoms with E-state index < -0.39 is 0 Å². The third-order valence-corrected chi connectivity index (χ3v) is 5.83. The minimum atomic E-state index is -0.355. The van der Waals surface area contributed by atoms with Crippen LogP contribution in [0.1, 0.15) is 16.6 Å². The van der Waals surface area contributed by atoms with Crippen molar-refractivity contribution in [2.45, 2.75) is 6.92 Å². The molecule has 0 aliphatic heterocycles. The van der Waals surface area contributed by atoms with Crippen LogP contribution in [0.15, 0.2) is 48.5 Å². The molecule has 8 heteroatoms. The largest absolute Gasteiger partial charge is 0.332 e. The van der Waals surface area contributed by atoms with Crippen molar-refractivity contribution in [2.24, 2.45) is 0 Å². The van der Waals surface area contributed by atoms with Crippen molar-refractivity contribution in [1.29, 1.82) is 0 Å². The van der Waals surface area contributed by atoms with Crippen LogP contribution in [0.5, 0.6) is 0 Å². The molecule has 2 N–H and O–H groups in total. The van der Waals surface area contributed by atoms with E-state index in [9.17, 15) is 9.59 Å². The number of halogens is 1. The number of amides is 2. The zero-order chi connectivity index (χ0) is 19.6. The Bertz CT molecular complexity index is 1030. The number of fused-ring (bicyclic) bond motifs is 1. The highest BCUT2D eigenvalue weighted by atomic mass is 35.5. The van der Waals surface area contributed by atoms with Gasteiger partial charge in [0.05, 0.1) is 5.02 Å². The van der Waals surface area contributed by atoms with Crippen LogP contribution in [0.4, 0.5) is 11.4 Å². The highest BCUT2D eigenvalue weighted by Gasteiger charge is 2.17. The molecule has 0 spiro atoms. The van der Waals surface area contributed by atoms with Crippen LogP contribution in [-0.4, -0.2) is 24.0 Å². The zero-order valence-electron chi connectivity index (χ0n) is 14.6. The molecule has 0 atom stereocenters. The molecule has 0 unspecified atom stereocenters. The van der Waals surface area contributed by atoms with Crippen LogP contribution in [0, 0.1) is 0 Å². The average Bonchev–Trinajstić information content (AvgIpc) is 2.99. The van der Waals surface area contributed by atoms with Gasteiger partial charge in [0, 0.05) is 35.4 Å². The predicted molar refractivity (Wildman–Crippen MR) is 116 cm³/mol. The lowest BCUT2D eigenvalue weighted by Crippen LogP contribution is -2.33. The maximum absolute atomic E-state index is 12.5. The molecule has 0 saturated carbocycles. The van der Waals surface area contributed by atoms with Crippen LogP contribution < -0.4 is 15.5 Å². The lowest BCUT2D eigenvalue weighted by atomic mass is 10.2. The number of carbonyl (C=O) groups is 2. The second-order valence-corrected chi connectivity index (χ2v) is 7.61. The normalized spacial score (nSPS) is 10.5. The smallest absolute Gasteiger partial charge is 0.269 e. The molecule has 138 valence electrons. The van der Waals surface area contributed by atoms with E-state index in [-0.39, 0.29) is 16.9 Å². The minimum Gasteiger partial charge on any atom is -0.332 e. The summed E-state index contributed by atoms with van der Waals surface area (Å²) in [7, 11) is 1.70. The third kappa shape index (κ3) is 4.27. The topological polar surface area (TPSA) is 61.4 Å². The number of thiocarbonyl (C=S) groups is 1. The van der Waals surface area contributed by atoms with Crippen molar-refractivity contribution in [1.82, 2.24) is 5.32 Å². The minimum absolute atomic E-state index is 0.0568. The first-order valence-corrected chi connectivity index (χ1v) is 9.61. The number of hydrogen-bond donors (Lipinski definition) is 2. The monoisotopic (exact) mass is 417 g/mol. The summed E-state index contributed by atoms with van der Waals surface area (Å²) >= 11 is 12.9. The van der Waals surface area contributed by atoms with Gasteiger partial charge >= 0.3 is 0 Å². The Morgan fingerprint density at radius 3 is 2.41 bits per heavy atom. The number of benzene rings is 2. The van der Waals surface area contributed by atoms with Gasteiger partial charge in [0.15, 0.2) is 5.11 Å². The van der Waals surface area contributed by atoms with Gasteiger partial charge in [0.1, 0.15) is 4.88 Å². The molecule has 0 aliphatic carbocycles. The summed E-state index contributed by atoms with van der Waals surface area (Å²) in [5.41, 5.74) is 1.46. The quantitative estimate of drug-likeness (QED) is 0.608. The lowest BCUT2D eigenvalue weighted by molar-refractivity contribution is -0.116. The molecule has 0 radical (unpaired) electrons. The first-order chi connectivity index (χ1) is 12.9. The highest BCUT2D eigenvalue weighted by Crippen LogP contribution is 2.34.